The molecule has 1 unspecified atom stereocenters. The van der Waals surface area contributed by atoms with Crippen molar-refractivity contribution < 1.29 is 13.2 Å². The Bertz CT molecular complexity index is 898. The highest BCUT2D eigenvalue weighted by atomic mass is 19.1. The number of aromatic nitrogens is 1. The van der Waals surface area contributed by atoms with Crippen molar-refractivity contribution in [3.63, 3.8) is 0 Å². The van der Waals surface area contributed by atoms with Gasteiger partial charge in [-0.05, 0) is 29.2 Å². The minimum absolute atomic E-state index is 0.00771. The van der Waals surface area contributed by atoms with Crippen LogP contribution in [0.4, 0.5) is 8.78 Å². The first-order valence-electron chi connectivity index (χ1n) is 8.50. The van der Waals surface area contributed by atoms with Crippen LogP contribution in [0.1, 0.15) is 43.8 Å². The van der Waals surface area contributed by atoms with Gasteiger partial charge in [-0.25, -0.2) is 13.8 Å². The van der Waals surface area contributed by atoms with E-state index in [1.165, 1.54) is 0 Å². The smallest absolute Gasteiger partial charge is 0.229 e. The summed E-state index contributed by atoms with van der Waals surface area (Å²) in [5.74, 6) is -0.527. The number of hydrogen-bond acceptors (Lipinski definition) is 3. The predicted octanol–water partition coefficient (Wildman–Crippen LogP) is 5.26. The molecule has 3 aromatic rings. The zero-order valence-corrected chi connectivity index (χ0v) is 15.1. The van der Waals surface area contributed by atoms with Gasteiger partial charge in [0.15, 0.2) is 0 Å². The van der Waals surface area contributed by atoms with Crippen molar-refractivity contribution in [2.24, 2.45) is 11.1 Å². The molecule has 0 spiro atoms. The van der Waals surface area contributed by atoms with E-state index in [4.69, 9.17) is 10.2 Å². The molecule has 0 saturated heterocycles. The van der Waals surface area contributed by atoms with Gasteiger partial charge in [0.1, 0.15) is 23.1 Å². The van der Waals surface area contributed by atoms with Crippen molar-refractivity contribution in [3.8, 4) is 11.5 Å². The molecule has 0 fully saturated rings. The molecular formula is C21H22F2N2O. The van der Waals surface area contributed by atoms with Crippen LogP contribution in [0.5, 0.6) is 0 Å². The molecule has 3 nitrogen and oxygen atoms in total. The maximum absolute atomic E-state index is 14.2. The van der Waals surface area contributed by atoms with Crippen LogP contribution in [0.25, 0.3) is 11.5 Å². The molecule has 3 rings (SSSR count). The van der Waals surface area contributed by atoms with Gasteiger partial charge < -0.3 is 10.2 Å². The summed E-state index contributed by atoms with van der Waals surface area (Å²) in [5, 5.41) is 0. The fraction of sp³-hybridized carbons (Fsp3) is 0.286. The molecule has 26 heavy (non-hydrogen) atoms. The van der Waals surface area contributed by atoms with Gasteiger partial charge >= 0.3 is 0 Å². The van der Waals surface area contributed by atoms with Crippen molar-refractivity contribution in [1.29, 1.82) is 0 Å². The molecule has 0 aliphatic rings. The van der Waals surface area contributed by atoms with Gasteiger partial charge in [0, 0.05) is 6.42 Å². The van der Waals surface area contributed by atoms with E-state index in [0.717, 1.165) is 23.8 Å². The van der Waals surface area contributed by atoms with Crippen LogP contribution in [0.2, 0.25) is 0 Å². The number of nitrogens with two attached hydrogens (primary N) is 1. The highest BCUT2D eigenvalue weighted by Crippen LogP contribution is 2.35. The third-order valence-corrected chi connectivity index (χ3v) is 4.32. The van der Waals surface area contributed by atoms with Crippen LogP contribution >= 0.6 is 0 Å². The normalized spacial score (nSPS) is 13.0. The summed E-state index contributed by atoms with van der Waals surface area (Å²) in [6, 6.07) is 12.5. The molecule has 0 aliphatic heterocycles. The first kappa shape index (κ1) is 18.3. The second kappa shape index (κ2) is 7.00. The number of halogens is 2. The molecular weight excluding hydrogens is 334 g/mol. The van der Waals surface area contributed by atoms with E-state index < -0.39 is 17.7 Å². The van der Waals surface area contributed by atoms with E-state index in [9.17, 15) is 8.78 Å². The zero-order valence-electron chi connectivity index (χ0n) is 15.1. The van der Waals surface area contributed by atoms with Crippen LogP contribution in [0, 0.1) is 17.0 Å². The maximum Gasteiger partial charge on any atom is 0.229 e. The lowest BCUT2D eigenvalue weighted by atomic mass is 9.84. The summed E-state index contributed by atoms with van der Waals surface area (Å²) < 4.78 is 33.6. The fourth-order valence-electron chi connectivity index (χ4n) is 2.70. The second-order valence-corrected chi connectivity index (χ2v) is 7.46. The molecule has 1 atom stereocenters. The molecule has 1 heterocycles. The van der Waals surface area contributed by atoms with Gasteiger partial charge in [-0.1, -0.05) is 51.1 Å². The van der Waals surface area contributed by atoms with Crippen LogP contribution in [0.3, 0.4) is 0 Å². The van der Waals surface area contributed by atoms with E-state index in [2.05, 4.69) is 4.98 Å². The van der Waals surface area contributed by atoms with Crippen molar-refractivity contribution in [2.45, 2.75) is 33.2 Å². The molecule has 0 saturated carbocycles. The first-order valence-corrected chi connectivity index (χ1v) is 8.50. The second-order valence-electron chi connectivity index (χ2n) is 7.46. The predicted molar refractivity (Wildman–Crippen MR) is 97.5 cm³/mol. The lowest BCUT2D eigenvalue weighted by Gasteiger charge is -2.25. The number of hydrogen-bond donors (Lipinski definition) is 1. The number of nitrogens with zero attached hydrogens (tertiary/aromatic N) is 1. The first-order chi connectivity index (χ1) is 12.3. The zero-order chi connectivity index (χ0) is 18.9. The SMILES string of the molecule is CC(C)(C)C(N)c1nc(-c2cc(F)ccc2F)oc1Cc1ccccc1. The maximum atomic E-state index is 14.2. The Morgan fingerprint density at radius 1 is 1.08 bits per heavy atom. The summed E-state index contributed by atoms with van der Waals surface area (Å²) in [6.07, 6.45) is 0.476. The summed E-state index contributed by atoms with van der Waals surface area (Å²) in [7, 11) is 0. The van der Waals surface area contributed by atoms with Gasteiger partial charge in [-0.15, -0.1) is 0 Å². The highest BCUT2D eigenvalue weighted by molar-refractivity contribution is 5.55. The van der Waals surface area contributed by atoms with E-state index in [0.29, 0.717) is 17.9 Å². The van der Waals surface area contributed by atoms with Crippen molar-refractivity contribution in [3.05, 3.63) is 77.2 Å². The molecule has 0 aliphatic carbocycles. The van der Waals surface area contributed by atoms with Crippen molar-refractivity contribution in [1.82, 2.24) is 4.98 Å². The molecule has 0 amide bonds. The van der Waals surface area contributed by atoms with E-state index in [1.807, 2.05) is 51.1 Å². The molecule has 136 valence electrons. The summed E-state index contributed by atoms with van der Waals surface area (Å²) in [4.78, 5) is 4.45. The highest BCUT2D eigenvalue weighted by Gasteiger charge is 2.29. The molecule has 5 heteroatoms. The van der Waals surface area contributed by atoms with Crippen molar-refractivity contribution in [2.75, 3.05) is 0 Å². The van der Waals surface area contributed by atoms with Crippen LogP contribution < -0.4 is 5.73 Å². The summed E-state index contributed by atoms with van der Waals surface area (Å²) in [5.41, 5.74) is 7.72. The molecule has 0 radical (unpaired) electrons. The Labute approximate surface area is 151 Å². The molecule has 2 N–H and O–H groups in total. The standard InChI is InChI=1S/C21H22F2N2O/c1-21(2,3)19(24)18-17(11-13-7-5-4-6-8-13)26-20(25-18)15-12-14(22)9-10-16(15)23/h4-10,12,19H,11,24H2,1-3H3. The Hall–Kier alpha value is -2.53. The summed E-state index contributed by atoms with van der Waals surface area (Å²) in [6.45, 7) is 6.00. The van der Waals surface area contributed by atoms with Crippen LogP contribution in [-0.4, -0.2) is 4.98 Å². The Balaban J connectivity index is 2.09. The fourth-order valence-corrected chi connectivity index (χ4v) is 2.70. The summed E-state index contributed by atoms with van der Waals surface area (Å²) >= 11 is 0. The Kier molecular flexibility index (Phi) is 4.92. The van der Waals surface area contributed by atoms with Gasteiger partial charge in [-0.3, -0.25) is 0 Å². The van der Waals surface area contributed by atoms with Crippen molar-refractivity contribution >= 4 is 0 Å². The Morgan fingerprint density at radius 3 is 2.42 bits per heavy atom. The average Bonchev–Trinajstić information content (AvgIpc) is 2.99. The third-order valence-electron chi connectivity index (χ3n) is 4.32. The van der Waals surface area contributed by atoms with Gasteiger partial charge in [0.25, 0.3) is 0 Å². The van der Waals surface area contributed by atoms with Gasteiger partial charge in [0.2, 0.25) is 5.89 Å². The quantitative estimate of drug-likeness (QED) is 0.694. The van der Waals surface area contributed by atoms with Gasteiger partial charge in [0.05, 0.1) is 11.6 Å². The van der Waals surface area contributed by atoms with E-state index >= 15 is 0 Å². The van der Waals surface area contributed by atoms with E-state index in [-0.39, 0.29) is 16.9 Å². The average molecular weight is 356 g/mol. The van der Waals surface area contributed by atoms with Gasteiger partial charge in [-0.2, -0.15) is 0 Å². The minimum Gasteiger partial charge on any atom is -0.440 e. The lowest BCUT2D eigenvalue weighted by Crippen LogP contribution is -2.27. The minimum atomic E-state index is -0.588. The van der Waals surface area contributed by atoms with Crippen LogP contribution in [0.15, 0.2) is 52.9 Å². The number of benzene rings is 2. The molecule has 1 aromatic heterocycles. The third kappa shape index (κ3) is 3.83. The lowest BCUT2D eigenvalue weighted by molar-refractivity contribution is 0.318. The molecule has 0 bridgehead atoms. The largest absolute Gasteiger partial charge is 0.440 e. The van der Waals surface area contributed by atoms with E-state index in [1.54, 1.807) is 0 Å². The van der Waals surface area contributed by atoms with Crippen LogP contribution in [-0.2, 0) is 6.42 Å². The number of rotatable bonds is 4. The molecule has 2 aromatic carbocycles. The monoisotopic (exact) mass is 356 g/mol. The Morgan fingerprint density at radius 2 is 1.77 bits per heavy atom. The number of oxazole rings is 1. The topological polar surface area (TPSA) is 52.0 Å².